The Bertz CT molecular complexity index is 690. The molecule has 0 radical (unpaired) electrons. The van der Waals surface area contributed by atoms with Gasteiger partial charge in [-0.2, -0.15) is 11.3 Å². The van der Waals surface area contributed by atoms with Crippen molar-refractivity contribution in [3.8, 4) is 0 Å². The monoisotopic (exact) mass is 374 g/mol. The predicted octanol–water partition coefficient (Wildman–Crippen LogP) is 1.96. The Kier molecular flexibility index (Phi) is 6.73. The van der Waals surface area contributed by atoms with Gasteiger partial charge in [0, 0.05) is 45.0 Å². The number of carbonyl (C=O) groups excluding carboxylic acids is 1. The molecule has 2 N–H and O–H groups in total. The largest absolute Gasteiger partial charge is 0.396 e. The van der Waals surface area contributed by atoms with Crippen LogP contribution in [0.5, 0.6) is 0 Å². The Balaban J connectivity index is 1.52. The van der Waals surface area contributed by atoms with Gasteiger partial charge in [0.05, 0.1) is 6.54 Å². The Labute approximate surface area is 158 Å². The number of rotatable bonds is 7. The van der Waals surface area contributed by atoms with E-state index in [-0.39, 0.29) is 18.6 Å². The lowest BCUT2D eigenvalue weighted by Gasteiger charge is -2.41. The predicted molar refractivity (Wildman–Crippen MR) is 104 cm³/mol. The molecule has 1 fully saturated rings. The number of aliphatic hydroxyl groups is 1. The minimum absolute atomic E-state index is 0.0459. The van der Waals surface area contributed by atoms with Gasteiger partial charge in [0.25, 0.3) is 0 Å². The van der Waals surface area contributed by atoms with E-state index in [2.05, 4.69) is 36.9 Å². The summed E-state index contributed by atoms with van der Waals surface area (Å²) in [6.07, 6.45) is 2.47. The van der Waals surface area contributed by atoms with Crippen molar-refractivity contribution < 1.29 is 9.90 Å². The molecule has 0 aliphatic carbocycles. The first-order chi connectivity index (χ1) is 12.6. The van der Waals surface area contributed by atoms with Gasteiger partial charge < -0.3 is 10.4 Å². The number of hydrogen-bond donors (Lipinski definition) is 2. The quantitative estimate of drug-likeness (QED) is 0.775. The molecule has 26 heavy (non-hydrogen) atoms. The topological polar surface area (TPSA) is 68.7 Å². The second-order valence-corrected chi connectivity index (χ2v) is 7.55. The van der Waals surface area contributed by atoms with Crippen LogP contribution in [0.4, 0.5) is 5.82 Å². The third-order valence-electron chi connectivity index (χ3n) is 4.66. The molecule has 7 heteroatoms. The number of anilines is 1. The van der Waals surface area contributed by atoms with E-state index in [1.807, 2.05) is 19.1 Å². The van der Waals surface area contributed by atoms with Crippen LogP contribution in [0.2, 0.25) is 0 Å². The van der Waals surface area contributed by atoms with E-state index in [0.717, 1.165) is 38.2 Å². The second-order valence-electron chi connectivity index (χ2n) is 6.77. The van der Waals surface area contributed by atoms with Gasteiger partial charge in [-0.15, -0.1) is 0 Å². The number of aryl methyl sites for hydroxylation is 1. The van der Waals surface area contributed by atoms with E-state index in [0.29, 0.717) is 12.4 Å². The molecule has 1 saturated heterocycles. The number of hydrogen-bond acceptors (Lipinski definition) is 6. The zero-order chi connectivity index (χ0) is 18.4. The zero-order valence-corrected chi connectivity index (χ0v) is 15.9. The highest BCUT2D eigenvalue weighted by molar-refractivity contribution is 7.07. The van der Waals surface area contributed by atoms with Crippen molar-refractivity contribution in [2.24, 2.45) is 0 Å². The summed E-state index contributed by atoms with van der Waals surface area (Å²) < 4.78 is 0. The molecule has 3 rings (SSSR count). The fraction of sp³-hybridized carbons (Fsp3) is 0.474. The highest BCUT2D eigenvalue weighted by atomic mass is 32.1. The smallest absolute Gasteiger partial charge is 0.239 e. The van der Waals surface area contributed by atoms with Crippen LogP contribution in [0, 0.1) is 6.92 Å². The maximum atomic E-state index is 12.3. The molecule has 1 atom stereocenters. The summed E-state index contributed by atoms with van der Waals surface area (Å²) in [7, 11) is 0. The van der Waals surface area contributed by atoms with Gasteiger partial charge in [-0.05, 0) is 47.4 Å². The van der Waals surface area contributed by atoms with Gasteiger partial charge in [0.15, 0.2) is 0 Å². The standard InChI is InChI=1S/C19H26N4O2S/c1-15-2-3-18(20-10-15)21-19(25)13-22-6-7-23(17(12-22)4-8-24)11-16-5-9-26-14-16/h2-3,5,9-10,14,17,24H,4,6-8,11-13H2,1H3,(H,20,21,25)/t17-/m1/s1. The van der Waals surface area contributed by atoms with Crippen LogP contribution in [-0.4, -0.2) is 64.6 Å². The molecule has 6 nitrogen and oxygen atoms in total. The summed E-state index contributed by atoms with van der Waals surface area (Å²) in [5.41, 5.74) is 2.38. The van der Waals surface area contributed by atoms with E-state index in [1.54, 1.807) is 17.5 Å². The summed E-state index contributed by atoms with van der Waals surface area (Å²) in [5, 5.41) is 16.5. The molecular formula is C19H26N4O2S. The Morgan fingerprint density at radius 1 is 1.38 bits per heavy atom. The van der Waals surface area contributed by atoms with Crippen molar-refractivity contribution in [3.05, 3.63) is 46.3 Å². The minimum Gasteiger partial charge on any atom is -0.396 e. The first-order valence-electron chi connectivity index (χ1n) is 8.95. The number of amides is 1. The summed E-state index contributed by atoms with van der Waals surface area (Å²) in [6.45, 7) is 5.93. The molecule has 0 aromatic carbocycles. The molecular weight excluding hydrogens is 348 g/mol. The number of aliphatic hydroxyl groups excluding tert-OH is 1. The van der Waals surface area contributed by atoms with Crippen LogP contribution in [0.3, 0.4) is 0 Å². The molecule has 0 unspecified atom stereocenters. The molecule has 1 amide bonds. The number of nitrogens with zero attached hydrogens (tertiary/aromatic N) is 3. The maximum absolute atomic E-state index is 12.3. The lowest BCUT2D eigenvalue weighted by molar-refractivity contribution is -0.118. The zero-order valence-electron chi connectivity index (χ0n) is 15.1. The van der Waals surface area contributed by atoms with Crippen molar-refractivity contribution in [2.45, 2.75) is 25.9 Å². The van der Waals surface area contributed by atoms with Crippen molar-refractivity contribution >= 4 is 23.1 Å². The molecule has 3 heterocycles. The SMILES string of the molecule is Cc1ccc(NC(=O)CN2CCN(Cc3ccsc3)[C@H](CCO)C2)nc1. The third-order valence-corrected chi connectivity index (χ3v) is 5.39. The molecule has 1 aliphatic heterocycles. The van der Waals surface area contributed by atoms with E-state index < -0.39 is 0 Å². The second kappa shape index (κ2) is 9.23. The number of thiophene rings is 1. The number of nitrogens with one attached hydrogen (secondary N) is 1. The van der Waals surface area contributed by atoms with Crippen LogP contribution in [0.1, 0.15) is 17.5 Å². The van der Waals surface area contributed by atoms with E-state index >= 15 is 0 Å². The van der Waals surface area contributed by atoms with Crippen LogP contribution >= 0.6 is 11.3 Å². The van der Waals surface area contributed by atoms with Crippen molar-refractivity contribution in [1.82, 2.24) is 14.8 Å². The molecule has 0 saturated carbocycles. The molecule has 2 aromatic heterocycles. The summed E-state index contributed by atoms with van der Waals surface area (Å²) in [6, 6.07) is 6.16. The van der Waals surface area contributed by atoms with Gasteiger partial charge in [-0.25, -0.2) is 4.98 Å². The molecule has 140 valence electrons. The van der Waals surface area contributed by atoms with E-state index in [1.165, 1.54) is 5.56 Å². The first kappa shape index (κ1) is 19.0. The summed E-state index contributed by atoms with van der Waals surface area (Å²) >= 11 is 1.71. The average Bonchev–Trinajstić information content (AvgIpc) is 3.12. The minimum atomic E-state index is -0.0459. The Morgan fingerprint density at radius 2 is 2.27 bits per heavy atom. The van der Waals surface area contributed by atoms with Gasteiger partial charge in [0.1, 0.15) is 5.82 Å². The van der Waals surface area contributed by atoms with Gasteiger partial charge in [-0.3, -0.25) is 14.6 Å². The van der Waals surface area contributed by atoms with Crippen LogP contribution in [0.15, 0.2) is 35.2 Å². The number of carbonyl (C=O) groups is 1. The summed E-state index contributed by atoms with van der Waals surface area (Å²) in [4.78, 5) is 21.1. The Morgan fingerprint density at radius 3 is 2.96 bits per heavy atom. The molecule has 0 spiro atoms. The fourth-order valence-corrected chi connectivity index (χ4v) is 3.94. The first-order valence-corrected chi connectivity index (χ1v) is 9.89. The van der Waals surface area contributed by atoms with Gasteiger partial charge >= 0.3 is 0 Å². The number of piperazine rings is 1. The van der Waals surface area contributed by atoms with E-state index in [4.69, 9.17) is 0 Å². The van der Waals surface area contributed by atoms with Crippen LogP contribution in [0.25, 0.3) is 0 Å². The third kappa shape index (κ3) is 5.35. The van der Waals surface area contributed by atoms with Gasteiger partial charge in [0.2, 0.25) is 5.91 Å². The summed E-state index contributed by atoms with van der Waals surface area (Å²) in [5.74, 6) is 0.541. The lowest BCUT2D eigenvalue weighted by Crippen LogP contribution is -2.54. The van der Waals surface area contributed by atoms with Gasteiger partial charge in [-0.1, -0.05) is 6.07 Å². The van der Waals surface area contributed by atoms with Crippen molar-refractivity contribution in [1.29, 1.82) is 0 Å². The van der Waals surface area contributed by atoms with Crippen molar-refractivity contribution in [2.75, 3.05) is 38.1 Å². The Hall–Kier alpha value is -1.80. The van der Waals surface area contributed by atoms with Crippen LogP contribution in [-0.2, 0) is 11.3 Å². The number of aromatic nitrogens is 1. The lowest BCUT2D eigenvalue weighted by atomic mass is 10.1. The molecule has 1 aliphatic rings. The normalized spacial score (nSPS) is 18.8. The average molecular weight is 375 g/mol. The number of pyridine rings is 1. The van der Waals surface area contributed by atoms with Crippen molar-refractivity contribution in [3.63, 3.8) is 0 Å². The van der Waals surface area contributed by atoms with E-state index in [9.17, 15) is 9.90 Å². The molecule has 0 bridgehead atoms. The van der Waals surface area contributed by atoms with Crippen LogP contribution < -0.4 is 5.32 Å². The highest BCUT2D eigenvalue weighted by Crippen LogP contribution is 2.18. The fourth-order valence-electron chi connectivity index (χ4n) is 3.28. The highest BCUT2D eigenvalue weighted by Gasteiger charge is 2.27. The molecule has 2 aromatic rings. The maximum Gasteiger partial charge on any atom is 0.239 e.